The number of rotatable bonds is 5. The molecule has 0 aliphatic rings. The number of benzene rings is 1. The zero-order chi connectivity index (χ0) is 11.3. The Morgan fingerprint density at radius 1 is 1.40 bits per heavy atom. The van der Waals surface area contributed by atoms with E-state index < -0.39 is 18.1 Å². The van der Waals surface area contributed by atoms with Gasteiger partial charge in [-0.1, -0.05) is 30.3 Å². The van der Waals surface area contributed by atoms with Crippen LogP contribution in [0.4, 0.5) is 0 Å². The van der Waals surface area contributed by atoms with Crippen LogP contribution in [0.25, 0.3) is 0 Å². The van der Waals surface area contributed by atoms with Crippen LogP contribution in [0.5, 0.6) is 0 Å². The van der Waals surface area contributed by atoms with Gasteiger partial charge in [-0.05, 0) is 12.5 Å². The third kappa shape index (κ3) is 3.69. The highest BCUT2D eigenvalue weighted by molar-refractivity contribution is 5.72. The Hall–Kier alpha value is -1.39. The maximum atomic E-state index is 10.5. The molecule has 0 spiro atoms. The quantitative estimate of drug-likeness (QED) is 0.664. The summed E-state index contributed by atoms with van der Waals surface area (Å²) >= 11 is 0. The Bertz CT molecular complexity index is 313. The van der Waals surface area contributed by atoms with E-state index in [4.69, 9.17) is 5.11 Å². The van der Waals surface area contributed by atoms with Gasteiger partial charge in [0.1, 0.15) is 0 Å². The van der Waals surface area contributed by atoms with Crippen molar-refractivity contribution >= 4 is 5.97 Å². The molecule has 0 amide bonds. The van der Waals surface area contributed by atoms with Crippen molar-refractivity contribution in [3.05, 3.63) is 35.9 Å². The average molecular weight is 209 g/mol. The number of hydrogen-bond donors (Lipinski definition) is 3. The van der Waals surface area contributed by atoms with Gasteiger partial charge in [0.05, 0.1) is 0 Å². The third-order valence-electron chi connectivity index (χ3n) is 2.20. The summed E-state index contributed by atoms with van der Waals surface area (Å²) in [5, 5.41) is 20.7. The molecule has 0 aliphatic heterocycles. The largest absolute Gasteiger partial charge is 0.479 e. The number of aliphatic carboxylic acids is 1. The molecular formula is C11H15NO3. The molecule has 0 radical (unpaired) electrons. The van der Waals surface area contributed by atoms with E-state index in [1.807, 2.05) is 30.3 Å². The number of carboxylic acid groups (broad SMARTS) is 1. The van der Waals surface area contributed by atoms with Crippen molar-refractivity contribution in [1.82, 2.24) is 5.32 Å². The van der Waals surface area contributed by atoms with Gasteiger partial charge in [-0.15, -0.1) is 0 Å². The SMILES string of the molecule is C[C@H](NCc1ccccc1)[C@@H](O)C(=O)O. The predicted octanol–water partition coefficient (Wildman–Crippen LogP) is 0.610. The lowest BCUT2D eigenvalue weighted by Crippen LogP contribution is -2.41. The fourth-order valence-corrected chi connectivity index (χ4v) is 1.20. The minimum absolute atomic E-state index is 0.470. The molecule has 1 rings (SSSR count). The van der Waals surface area contributed by atoms with Gasteiger partial charge in [-0.2, -0.15) is 0 Å². The Kier molecular flexibility index (Phi) is 4.27. The molecule has 2 atom stereocenters. The van der Waals surface area contributed by atoms with Crippen LogP contribution in [-0.2, 0) is 11.3 Å². The molecule has 0 saturated heterocycles. The average Bonchev–Trinajstić information content (AvgIpc) is 2.26. The summed E-state index contributed by atoms with van der Waals surface area (Å²) in [5.41, 5.74) is 1.06. The van der Waals surface area contributed by atoms with Crippen molar-refractivity contribution in [1.29, 1.82) is 0 Å². The van der Waals surface area contributed by atoms with Crippen LogP contribution in [0.2, 0.25) is 0 Å². The predicted molar refractivity (Wildman–Crippen MR) is 56.4 cm³/mol. The zero-order valence-electron chi connectivity index (χ0n) is 8.55. The molecule has 0 aromatic heterocycles. The number of aliphatic hydroxyl groups is 1. The summed E-state index contributed by atoms with van der Waals surface area (Å²) in [5.74, 6) is -1.21. The van der Waals surface area contributed by atoms with E-state index in [1.165, 1.54) is 0 Å². The van der Waals surface area contributed by atoms with Crippen molar-refractivity contribution in [2.24, 2.45) is 0 Å². The molecule has 0 aliphatic carbocycles. The highest BCUT2D eigenvalue weighted by atomic mass is 16.4. The monoisotopic (exact) mass is 209 g/mol. The number of nitrogens with one attached hydrogen (secondary N) is 1. The lowest BCUT2D eigenvalue weighted by Gasteiger charge is -2.16. The summed E-state index contributed by atoms with van der Waals surface area (Å²) in [6.45, 7) is 2.19. The van der Waals surface area contributed by atoms with E-state index in [1.54, 1.807) is 6.92 Å². The number of carboxylic acids is 1. The normalized spacial score (nSPS) is 14.5. The molecule has 0 unspecified atom stereocenters. The maximum absolute atomic E-state index is 10.5. The summed E-state index contributed by atoms with van der Waals surface area (Å²) in [7, 11) is 0. The van der Waals surface area contributed by atoms with Gasteiger partial charge in [0.2, 0.25) is 0 Å². The van der Waals surface area contributed by atoms with Crippen LogP contribution < -0.4 is 5.32 Å². The van der Waals surface area contributed by atoms with Gasteiger partial charge >= 0.3 is 5.97 Å². The first-order valence-electron chi connectivity index (χ1n) is 4.79. The topological polar surface area (TPSA) is 69.6 Å². The molecule has 1 aromatic carbocycles. The van der Waals surface area contributed by atoms with Crippen LogP contribution in [0.1, 0.15) is 12.5 Å². The lowest BCUT2D eigenvalue weighted by molar-refractivity contribution is -0.147. The number of hydrogen-bond acceptors (Lipinski definition) is 3. The van der Waals surface area contributed by atoms with Gasteiger partial charge < -0.3 is 15.5 Å². The third-order valence-corrected chi connectivity index (χ3v) is 2.20. The molecule has 15 heavy (non-hydrogen) atoms. The Morgan fingerprint density at radius 3 is 2.53 bits per heavy atom. The molecule has 3 N–H and O–H groups in total. The van der Waals surface area contributed by atoms with Crippen molar-refractivity contribution in [2.45, 2.75) is 25.6 Å². The Morgan fingerprint density at radius 2 is 2.00 bits per heavy atom. The van der Waals surface area contributed by atoms with Gasteiger partial charge in [0.15, 0.2) is 6.10 Å². The Labute approximate surface area is 88.6 Å². The molecule has 4 nitrogen and oxygen atoms in total. The van der Waals surface area contributed by atoms with Gasteiger partial charge in [-0.3, -0.25) is 0 Å². The first kappa shape index (κ1) is 11.7. The van der Waals surface area contributed by atoms with Gasteiger partial charge in [0.25, 0.3) is 0 Å². The first-order valence-corrected chi connectivity index (χ1v) is 4.79. The Balaban J connectivity index is 2.41. The van der Waals surface area contributed by atoms with Crippen LogP contribution >= 0.6 is 0 Å². The maximum Gasteiger partial charge on any atom is 0.334 e. The summed E-state index contributed by atoms with van der Waals surface area (Å²) in [6, 6.07) is 9.14. The summed E-state index contributed by atoms with van der Waals surface area (Å²) in [4.78, 5) is 10.5. The standard InChI is InChI=1S/C11H15NO3/c1-8(10(13)11(14)15)12-7-9-5-3-2-4-6-9/h2-6,8,10,12-13H,7H2,1H3,(H,14,15)/t8-,10+/m0/s1. The fourth-order valence-electron chi connectivity index (χ4n) is 1.20. The molecule has 0 bridgehead atoms. The fraction of sp³-hybridized carbons (Fsp3) is 0.364. The summed E-state index contributed by atoms with van der Waals surface area (Å²) in [6.07, 6.45) is -1.37. The van der Waals surface area contributed by atoms with Crippen molar-refractivity contribution < 1.29 is 15.0 Å². The number of aliphatic hydroxyl groups excluding tert-OH is 1. The van der Waals surface area contributed by atoms with E-state index in [0.717, 1.165) is 5.56 Å². The minimum atomic E-state index is -1.37. The second-order valence-electron chi connectivity index (χ2n) is 3.44. The molecule has 0 heterocycles. The van der Waals surface area contributed by atoms with Crippen molar-refractivity contribution in [3.63, 3.8) is 0 Å². The molecule has 4 heteroatoms. The number of carbonyl (C=O) groups is 1. The highest BCUT2D eigenvalue weighted by Gasteiger charge is 2.20. The molecule has 0 saturated carbocycles. The lowest BCUT2D eigenvalue weighted by atomic mass is 10.1. The van der Waals surface area contributed by atoms with E-state index in [9.17, 15) is 9.90 Å². The molecule has 0 fully saturated rings. The highest BCUT2D eigenvalue weighted by Crippen LogP contribution is 2.00. The van der Waals surface area contributed by atoms with E-state index in [2.05, 4.69) is 5.32 Å². The molecular weight excluding hydrogens is 194 g/mol. The van der Waals surface area contributed by atoms with Crippen LogP contribution in [0, 0.1) is 0 Å². The minimum Gasteiger partial charge on any atom is -0.479 e. The van der Waals surface area contributed by atoms with Crippen LogP contribution in [-0.4, -0.2) is 28.3 Å². The second kappa shape index (κ2) is 5.48. The molecule has 1 aromatic rings. The van der Waals surface area contributed by atoms with E-state index in [-0.39, 0.29) is 0 Å². The van der Waals surface area contributed by atoms with Crippen molar-refractivity contribution in [2.75, 3.05) is 0 Å². The summed E-state index contributed by atoms with van der Waals surface area (Å²) < 4.78 is 0. The second-order valence-corrected chi connectivity index (χ2v) is 3.44. The molecule has 82 valence electrons. The van der Waals surface area contributed by atoms with Crippen molar-refractivity contribution in [3.8, 4) is 0 Å². The van der Waals surface area contributed by atoms with Crippen LogP contribution in [0.3, 0.4) is 0 Å². The smallest absolute Gasteiger partial charge is 0.334 e. The first-order chi connectivity index (χ1) is 7.11. The van der Waals surface area contributed by atoms with Gasteiger partial charge in [0, 0.05) is 12.6 Å². The van der Waals surface area contributed by atoms with E-state index in [0.29, 0.717) is 6.54 Å². The zero-order valence-corrected chi connectivity index (χ0v) is 8.55. The van der Waals surface area contributed by atoms with Crippen LogP contribution in [0.15, 0.2) is 30.3 Å². The van der Waals surface area contributed by atoms with Gasteiger partial charge in [-0.25, -0.2) is 4.79 Å². The van der Waals surface area contributed by atoms with E-state index >= 15 is 0 Å².